The van der Waals surface area contributed by atoms with E-state index in [4.69, 9.17) is 4.42 Å². The quantitative estimate of drug-likeness (QED) is 0.666. The third-order valence-corrected chi connectivity index (χ3v) is 3.90. The van der Waals surface area contributed by atoms with E-state index < -0.39 is 5.82 Å². The SMILES string of the molecule is Cc1oc(-c2ccc(Br)cc2)cc1C(=O)Nc1cccc(F)c1. The first-order valence-electron chi connectivity index (χ1n) is 6.96. The van der Waals surface area contributed by atoms with Gasteiger partial charge in [-0.25, -0.2) is 4.39 Å². The average molecular weight is 374 g/mol. The Morgan fingerprint density at radius 1 is 1.13 bits per heavy atom. The van der Waals surface area contributed by atoms with Crippen molar-refractivity contribution in [1.29, 1.82) is 0 Å². The normalized spacial score (nSPS) is 10.6. The molecule has 0 fully saturated rings. The molecule has 23 heavy (non-hydrogen) atoms. The molecule has 5 heteroatoms. The Hall–Kier alpha value is -2.40. The van der Waals surface area contributed by atoms with Crippen LogP contribution in [0.25, 0.3) is 11.3 Å². The number of hydrogen-bond acceptors (Lipinski definition) is 2. The maximum Gasteiger partial charge on any atom is 0.259 e. The standard InChI is InChI=1S/C18H13BrFNO2/c1-11-16(18(22)21-15-4-2-3-14(20)9-15)10-17(23-11)12-5-7-13(19)8-6-12/h2-10H,1H3,(H,21,22). The number of anilines is 1. The van der Waals surface area contributed by atoms with Gasteiger partial charge in [-0.2, -0.15) is 0 Å². The van der Waals surface area contributed by atoms with Gasteiger partial charge in [-0.3, -0.25) is 4.79 Å². The molecule has 0 atom stereocenters. The van der Waals surface area contributed by atoms with Gasteiger partial charge in [-0.05, 0) is 43.3 Å². The number of rotatable bonds is 3. The Morgan fingerprint density at radius 2 is 1.87 bits per heavy atom. The second-order valence-electron chi connectivity index (χ2n) is 5.05. The number of carbonyl (C=O) groups excluding carboxylic acids is 1. The highest BCUT2D eigenvalue weighted by Gasteiger charge is 2.16. The highest BCUT2D eigenvalue weighted by Crippen LogP contribution is 2.27. The van der Waals surface area contributed by atoms with Crippen LogP contribution in [0.2, 0.25) is 0 Å². The lowest BCUT2D eigenvalue weighted by Gasteiger charge is -2.03. The lowest BCUT2D eigenvalue weighted by atomic mass is 10.1. The van der Waals surface area contributed by atoms with E-state index in [9.17, 15) is 9.18 Å². The van der Waals surface area contributed by atoms with E-state index in [1.165, 1.54) is 12.1 Å². The molecular formula is C18H13BrFNO2. The summed E-state index contributed by atoms with van der Waals surface area (Å²) < 4.78 is 19.8. The van der Waals surface area contributed by atoms with Crippen LogP contribution in [0, 0.1) is 12.7 Å². The Morgan fingerprint density at radius 3 is 2.57 bits per heavy atom. The molecule has 1 aromatic heterocycles. The van der Waals surface area contributed by atoms with E-state index in [0.29, 0.717) is 22.8 Å². The van der Waals surface area contributed by atoms with E-state index in [1.807, 2.05) is 24.3 Å². The van der Waals surface area contributed by atoms with Crippen molar-refractivity contribution in [2.45, 2.75) is 6.92 Å². The molecule has 116 valence electrons. The summed E-state index contributed by atoms with van der Waals surface area (Å²) in [5, 5.41) is 2.67. The molecule has 0 radical (unpaired) electrons. The minimum atomic E-state index is -0.401. The van der Waals surface area contributed by atoms with E-state index >= 15 is 0 Å². The molecule has 1 heterocycles. The van der Waals surface area contributed by atoms with Crippen molar-refractivity contribution in [3.05, 3.63) is 76.2 Å². The zero-order valence-electron chi connectivity index (χ0n) is 12.3. The third kappa shape index (κ3) is 3.51. The summed E-state index contributed by atoms with van der Waals surface area (Å²) in [6.07, 6.45) is 0. The van der Waals surface area contributed by atoms with Gasteiger partial charge < -0.3 is 9.73 Å². The van der Waals surface area contributed by atoms with Crippen LogP contribution in [0.4, 0.5) is 10.1 Å². The smallest absolute Gasteiger partial charge is 0.259 e. The van der Waals surface area contributed by atoms with Crippen LogP contribution < -0.4 is 5.32 Å². The number of carbonyl (C=O) groups is 1. The lowest BCUT2D eigenvalue weighted by molar-refractivity contribution is 0.102. The molecule has 0 saturated heterocycles. The second-order valence-corrected chi connectivity index (χ2v) is 5.97. The highest BCUT2D eigenvalue weighted by atomic mass is 79.9. The Balaban J connectivity index is 1.85. The van der Waals surface area contributed by atoms with E-state index in [0.717, 1.165) is 10.0 Å². The zero-order chi connectivity index (χ0) is 16.4. The number of benzene rings is 2. The third-order valence-electron chi connectivity index (χ3n) is 3.37. The summed E-state index contributed by atoms with van der Waals surface area (Å²) in [6.45, 7) is 1.73. The molecule has 1 amide bonds. The number of halogens is 2. The Labute approximate surface area is 141 Å². The van der Waals surface area contributed by atoms with Gasteiger partial charge in [0, 0.05) is 15.7 Å². The van der Waals surface area contributed by atoms with E-state index in [1.54, 1.807) is 25.1 Å². The van der Waals surface area contributed by atoms with Crippen molar-refractivity contribution in [2.75, 3.05) is 5.32 Å². The second kappa shape index (κ2) is 6.38. The van der Waals surface area contributed by atoms with Crippen LogP contribution in [0.1, 0.15) is 16.1 Å². The zero-order valence-corrected chi connectivity index (χ0v) is 13.9. The highest BCUT2D eigenvalue weighted by molar-refractivity contribution is 9.10. The minimum Gasteiger partial charge on any atom is -0.461 e. The predicted octanol–water partition coefficient (Wildman–Crippen LogP) is 5.41. The van der Waals surface area contributed by atoms with Crippen LogP contribution >= 0.6 is 15.9 Å². The van der Waals surface area contributed by atoms with Gasteiger partial charge in [0.25, 0.3) is 5.91 Å². The van der Waals surface area contributed by atoms with Crippen molar-refractivity contribution >= 4 is 27.5 Å². The van der Waals surface area contributed by atoms with Gasteiger partial charge in [0.15, 0.2) is 0 Å². The number of amides is 1. The first kappa shape index (κ1) is 15.5. The van der Waals surface area contributed by atoms with Crippen LogP contribution in [0.15, 0.2) is 63.5 Å². The monoisotopic (exact) mass is 373 g/mol. The van der Waals surface area contributed by atoms with Gasteiger partial charge >= 0.3 is 0 Å². The van der Waals surface area contributed by atoms with Crippen LogP contribution in [0.3, 0.4) is 0 Å². The molecule has 0 bridgehead atoms. The van der Waals surface area contributed by atoms with Gasteiger partial charge in [-0.15, -0.1) is 0 Å². The van der Waals surface area contributed by atoms with Gasteiger partial charge in [0.1, 0.15) is 17.3 Å². The molecule has 2 aromatic carbocycles. The maximum atomic E-state index is 13.2. The fraction of sp³-hybridized carbons (Fsp3) is 0.0556. The first-order valence-corrected chi connectivity index (χ1v) is 7.75. The van der Waals surface area contributed by atoms with Crippen molar-refractivity contribution in [1.82, 2.24) is 0 Å². The molecule has 0 unspecified atom stereocenters. The summed E-state index contributed by atoms with van der Waals surface area (Å²) >= 11 is 3.38. The topological polar surface area (TPSA) is 42.2 Å². The molecule has 3 nitrogen and oxygen atoms in total. The molecular weight excluding hydrogens is 361 g/mol. The summed E-state index contributed by atoms with van der Waals surface area (Å²) in [5.74, 6) is 0.388. The first-order chi connectivity index (χ1) is 11.0. The molecule has 0 aliphatic carbocycles. The molecule has 1 N–H and O–H groups in total. The molecule has 0 aliphatic rings. The maximum absolute atomic E-state index is 13.2. The number of furan rings is 1. The fourth-order valence-electron chi connectivity index (χ4n) is 2.23. The van der Waals surface area contributed by atoms with Crippen LogP contribution in [-0.4, -0.2) is 5.91 Å². The minimum absolute atomic E-state index is 0.333. The molecule has 0 aliphatic heterocycles. The molecule has 3 aromatic rings. The van der Waals surface area contributed by atoms with E-state index in [-0.39, 0.29) is 5.91 Å². The van der Waals surface area contributed by atoms with E-state index in [2.05, 4.69) is 21.2 Å². The lowest BCUT2D eigenvalue weighted by Crippen LogP contribution is -2.12. The van der Waals surface area contributed by atoms with Gasteiger partial charge in [0.2, 0.25) is 0 Å². The number of aryl methyl sites for hydroxylation is 1. The average Bonchev–Trinajstić information content (AvgIpc) is 2.90. The van der Waals surface area contributed by atoms with Crippen LogP contribution in [-0.2, 0) is 0 Å². The Bertz CT molecular complexity index is 856. The van der Waals surface area contributed by atoms with Gasteiger partial charge in [-0.1, -0.05) is 34.1 Å². The Kier molecular flexibility index (Phi) is 4.30. The largest absolute Gasteiger partial charge is 0.461 e. The summed E-state index contributed by atoms with van der Waals surface area (Å²) in [6, 6.07) is 15.1. The number of nitrogens with one attached hydrogen (secondary N) is 1. The molecule has 0 spiro atoms. The predicted molar refractivity (Wildman–Crippen MR) is 90.9 cm³/mol. The van der Waals surface area contributed by atoms with Crippen LogP contribution in [0.5, 0.6) is 0 Å². The summed E-state index contributed by atoms with van der Waals surface area (Å²) in [4.78, 5) is 12.3. The molecule has 0 saturated carbocycles. The van der Waals surface area contributed by atoms with Crippen molar-refractivity contribution < 1.29 is 13.6 Å². The van der Waals surface area contributed by atoms with Crippen molar-refractivity contribution in [2.24, 2.45) is 0 Å². The fourth-order valence-corrected chi connectivity index (χ4v) is 2.49. The summed E-state index contributed by atoms with van der Waals surface area (Å²) in [5.41, 5.74) is 1.70. The number of hydrogen-bond donors (Lipinski definition) is 1. The molecule has 3 rings (SSSR count). The van der Waals surface area contributed by atoms with Gasteiger partial charge in [0.05, 0.1) is 5.56 Å². The van der Waals surface area contributed by atoms with Crippen molar-refractivity contribution in [3.63, 3.8) is 0 Å². The summed E-state index contributed by atoms with van der Waals surface area (Å²) in [7, 11) is 0. The van der Waals surface area contributed by atoms with Crippen molar-refractivity contribution in [3.8, 4) is 11.3 Å².